The molecule has 0 aliphatic carbocycles. The number of ether oxygens (including phenoxy) is 2. The van der Waals surface area contributed by atoms with E-state index >= 15 is 0 Å². The van der Waals surface area contributed by atoms with Gasteiger partial charge in [-0.3, -0.25) is 5.43 Å². The average molecular weight is 484 g/mol. The second-order valence-corrected chi connectivity index (χ2v) is 8.03. The highest BCUT2D eigenvalue weighted by Gasteiger charge is 2.30. The topological polar surface area (TPSA) is 55.7 Å². The van der Waals surface area contributed by atoms with Crippen molar-refractivity contribution < 1.29 is 22.6 Å². The van der Waals surface area contributed by atoms with Gasteiger partial charge in [-0.2, -0.15) is 18.3 Å². The van der Waals surface area contributed by atoms with E-state index in [0.717, 1.165) is 23.4 Å². The lowest BCUT2D eigenvalue weighted by Crippen LogP contribution is -2.06. The zero-order valence-corrected chi connectivity index (χ0v) is 18.9. The molecule has 4 rings (SSSR count). The summed E-state index contributed by atoms with van der Waals surface area (Å²) >= 11 is 1.44. The van der Waals surface area contributed by atoms with Crippen molar-refractivity contribution in [3.8, 4) is 22.8 Å². The molecule has 1 heterocycles. The van der Waals surface area contributed by atoms with Crippen LogP contribution in [0.5, 0.6) is 11.5 Å². The van der Waals surface area contributed by atoms with E-state index in [2.05, 4.69) is 15.5 Å². The molecule has 0 fully saturated rings. The van der Waals surface area contributed by atoms with Gasteiger partial charge < -0.3 is 9.47 Å². The molecule has 0 saturated heterocycles. The molecule has 4 aromatic rings. The molecule has 9 heteroatoms. The van der Waals surface area contributed by atoms with E-state index in [1.165, 1.54) is 24.5 Å². The first-order valence-electron chi connectivity index (χ1n) is 10.2. The van der Waals surface area contributed by atoms with E-state index in [-0.39, 0.29) is 6.61 Å². The minimum Gasteiger partial charge on any atom is -0.493 e. The number of anilines is 1. The Morgan fingerprint density at radius 1 is 1.00 bits per heavy atom. The van der Waals surface area contributed by atoms with Crippen LogP contribution in [0.1, 0.15) is 16.7 Å². The summed E-state index contributed by atoms with van der Waals surface area (Å²) in [6.45, 7) is -0.0412. The quantitative estimate of drug-likeness (QED) is 0.220. The lowest BCUT2D eigenvalue weighted by atomic mass is 10.1. The van der Waals surface area contributed by atoms with Gasteiger partial charge in [-0.15, -0.1) is 11.3 Å². The smallest absolute Gasteiger partial charge is 0.416 e. The summed E-state index contributed by atoms with van der Waals surface area (Å²) in [6.07, 6.45) is -2.81. The third-order valence-electron chi connectivity index (χ3n) is 4.78. The van der Waals surface area contributed by atoms with Crippen molar-refractivity contribution in [3.05, 3.63) is 94.9 Å². The van der Waals surface area contributed by atoms with Crippen LogP contribution in [0.3, 0.4) is 0 Å². The Morgan fingerprint density at radius 2 is 1.82 bits per heavy atom. The number of hydrogen-bond donors (Lipinski definition) is 1. The number of aromatic nitrogens is 1. The fraction of sp³-hybridized carbons (Fsp3) is 0.120. The second-order valence-electron chi connectivity index (χ2n) is 7.17. The van der Waals surface area contributed by atoms with E-state index in [1.54, 1.807) is 30.5 Å². The largest absolute Gasteiger partial charge is 0.493 e. The zero-order chi connectivity index (χ0) is 24.0. The molecule has 0 radical (unpaired) electrons. The predicted octanol–water partition coefficient (Wildman–Crippen LogP) is 6.86. The Morgan fingerprint density at radius 3 is 2.59 bits per heavy atom. The number of hydrazone groups is 1. The first kappa shape index (κ1) is 23.3. The Bertz CT molecular complexity index is 1270. The molecule has 0 saturated carbocycles. The SMILES string of the molecule is COc1ccc(C=NNc2nc(-c3ccccc3)cs2)cc1OCc1cccc(C(F)(F)F)c1. The molecule has 0 amide bonds. The van der Waals surface area contributed by atoms with Gasteiger partial charge in [0, 0.05) is 10.9 Å². The van der Waals surface area contributed by atoms with Crippen LogP contribution in [0.15, 0.2) is 83.3 Å². The van der Waals surface area contributed by atoms with Crippen LogP contribution in [0.2, 0.25) is 0 Å². The van der Waals surface area contributed by atoms with E-state index in [9.17, 15) is 13.2 Å². The molecule has 3 aromatic carbocycles. The molecule has 5 nitrogen and oxygen atoms in total. The molecule has 0 unspecified atom stereocenters. The van der Waals surface area contributed by atoms with E-state index < -0.39 is 11.7 Å². The molecule has 1 N–H and O–H groups in total. The number of benzene rings is 3. The highest BCUT2D eigenvalue weighted by atomic mass is 32.1. The van der Waals surface area contributed by atoms with Crippen molar-refractivity contribution in [2.45, 2.75) is 12.8 Å². The van der Waals surface area contributed by atoms with Gasteiger partial charge in [0.05, 0.1) is 24.6 Å². The highest BCUT2D eigenvalue weighted by Crippen LogP contribution is 2.31. The first-order chi connectivity index (χ1) is 16.4. The van der Waals surface area contributed by atoms with Gasteiger partial charge in [0.1, 0.15) is 6.61 Å². The third kappa shape index (κ3) is 5.93. The van der Waals surface area contributed by atoms with Crippen molar-refractivity contribution >= 4 is 22.7 Å². The molecule has 1 aromatic heterocycles. The van der Waals surface area contributed by atoms with Crippen LogP contribution in [0.4, 0.5) is 18.3 Å². The number of rotatable bonds is 8. The maximum atomic E-state index is 12.9. The van der Waals surface area contributed by atoms with Crippen molar-refractivity contribution in [3.63, 3.8) is 0 Å². The molecule has 174 valence electrons. The monoisotopic (exact) mass is 483 g/mol. The number of hydrogen-bond acceptors (Lipinski definition) is 6. The summed E-state index contributed by atoms with van der Waals surface area (Å²) in [5.41, 5.74) is 5.19. The van der Waals surface area contributed by atoms with Crippen LogP contribution < -0.4 is 14.9 Å². The zero-order valence-electron chi connectivity index (χ0n) is 18.0. The summed E-state index contributed by atoms with van der Waals surface area (Å²) in [5.74, 6) is 0.856. The Balaban J connectivity index is 1.42. The molecule has 0 bridgehead atoms. The summed E-state index contributed by atoms with van der Waals surface area (Å²) in [7, 11) is 1.49. The second kappa shape index (κ2) is 10.4. The average Bonchev–Trinajstić information content (AvgIpc) is 3.32. The molecule has 0 aliphatic rings. The molecule has 0 aliphatic heterocycles. The normalized spacial score (nSPS) is 11.5. The van der Waals surface area contributed by atoms with Gasteiger partial charge in [0.25, 0.3) is 0 Å². The van der Waals surface area contributed by atoms with Crippen LogP contribution in [0.25, 0.3) is 11.3 Å². The van der Waals surface area contributed by atoms with Crippen molar-refractivity contribution in [2.24, 2.45) is 5.10 Å². The Labute approximate surface area is 198 Å². The van der Waals surface area contributed by atoms with E-state index in [1.807, 2.05) is 35.7 Å². The minimum absolute atomic E-state index is 0.0412. The van der Waals surface area contributed by atoms with Crippen LogP contribution >= 0.6 is 11.3 Å². The highest BCUT2D eigenvalue weighted by molar-refractivity contribution is 7.14. The number of methoxy groups -OCH3 is 1. The number of halogens is 3. The van der Waals surface area contributed by atoms with Gasteiger partial charge in [-0.25, -0.2) is 4.98 Å². The van der Waals surface area contributed by atoms with Gasteiger partial charge in [0.2, 0.25) is 5.13 Å². The maximum absolute atomic E-state index is 12.9. The van der Waals surface area contributed by atoms with Crippen LogP contribution in [-0.2, 0) is 12.8 Å². The third-order valence-corrected chi connectivity index (χ3v) is 5.53. The fourth-order valence-corrected chi connectivity index (χ4v) is 3.78. The molecular formula is C25H20F3N3O2S. The van der Waals surface area contributed by atoms with Gasteiger partial charge in [0.15, 0.2) is 11.5 Å². The number of nitrogens with zero attached hydrogens (tertiary/aromatic N) is 2. The lowest BCUT2D eigenvalue weighted by Gasteiger charge is -2.13. The summed E-state index contributed by atoms with van der Waals surface area (Å²) < 4.78 is 49.9. The van der Waals surface area contributed by atoms with Crippen molar-refractivity contribution in [1.29, 1.82) is 0 Å². The molecule has 0 atom stereocenters. The van der Waals surface area contributed by atoms with Gasteiger partial charge in [-0.1, -0.05) is 42.5 Å². The van der Waals surface area contributed by atoms with Crippen LogP contribution in [0, 0.1) is 0 Å². The predicted molar refractivity (Wildman–Crippen MR) is 128 cm³/mol. The van der Waals surface area contributed by atoms with Crippen molar-refractivity contribution in [1.82, 2.24) is 4.98 Å². The summed E-state index contributed by atoms with van der Waals surface area (Å²) in [6, 6.07) is 20.1. The maximum Gasteiger partial charge on any atom is 0.416 e. The standard InChI is InChI=1S/C25H20F3N3O2S/c1-32-22-11-10-17(13-23(22)33-15-18-6-5-9-20(12-18)25(26,27)28)14-29-31-24-30-21(16-34-24)19-7-3-2-4-8-19/h2-14,16H,15H2,1H3,(H,30,31). The number of thiazole rings is 1. The minimum atomic E-state index is -4.41. The Hall–Kier alpha value is -3.85. The van der Waals surface area contributed by atoms with E-state index in [4.69, 9.17) is 9.47 Å². The van der Waals surface area contributed by atoms with Gasteiger partial charge in [-0.05, 0) is 41.5 Å². The Kier molecular flexibility index (Phi) is 7.12. The first-order valence-corrected chi connectivity index (χ1v) is 11.1. The van der Waals surface area contributed by atoms with E-state index in [0.29, 0.717) is 27.8 Å². The fourth-order valence-electron chi connectivity index (χ4n) is 3.11. The molecular weight excluding hydrogens is 463 g/mol. The van der Waals surface area contributed by atoms with Crippen molar-refractivity contribution in [2.75, 3.05) is 12.5 Å². The van der Waals surface area contributed by atoms with Gasteiger partial charge >= 0.3 is 6.18 Å². The lowest BCUT2D eigenvalue weighted by molar-refractivity contribution is -0.137. The number of alkyl halides is 3. The summed E-state index contributed by atoms with van der Waals surface area (Å²) in [4.78, 5) is 4.51. The molecule has 0 spiro atoms. The molecule has 34 heavy (non-hydrogen) atoms. The number of nitrogens with one attached hydrogen (secondary N) is 1. The van der Waals surface area contributed by atoms with Crippen LogP contribution in [-0.4, -0.2) is 18.3 Å². The summed E-state index contributed by atoms with van der Waals surface area (Å²) in [5, 5.41) is 6.81.